The van der Waals surface area contributed by atoms with Crippen molar-refractivity contribution >= 4 is 29.3 Å². The van der Waals surface area contributed by atoms with Gasteiger partial charge in [-0.05, 0) is 57.4 Å². The molecule has 0 radical (unpaired) electrons. The fourth-order valence-corrected chi connectivity index (χ4v) is 4.14. The van der Waals surface area contributed by atoms with Gasteiger partial charge in [0.05, 0.1) is 5.75 Å². The normalized spacial score (nSPS) is 20.7. The Bertz CT molecular complexity index is 738. The smallest absolute Gasteiger partial charge is 0.233 e. The Balaban J connectivity index is 1.68. The third-order valence-electron chi connectivity index (χ3n) is 4.57. The van der Waals surface area contributed by atoms with Gasteiger partial charge < -0.3 is 10.7 Å². The number of nitrogen functional groups attached to an aromatic ring is 1. The van der Waals surface area contributed by atoms with Crippen molar-refractivity contribution in [3.8, 4) is 11.4 Å². The van der Waals surface area contributed by atoms with Gasteiger partial charge in [0.25, 0.3) is 0 Å². The summed E-state index contributed by atoms with van der Waals surface area (Å²) in [6.07, 6.45) is 3.31. The van der Waals surface area contributed by atoms with Crippen molar-refractivity contribution in [1.82, 2.24) is 19.8 Å². The van der Waals surface area contributed by atoms with Gasteiger partial charge in [-0.25, -0.2) is 4.68 Å². The third-order valence-corrected chi connectivity index (χ3v) is 5.75. The summed E-state index contributed by atoms with van der Waals surface area (Å²) < 4.78 is 1.42. The Morgan fingerprint density at radius 1 is 1.24 bits per heavy atom. The molecule has 1 fully saturated rings. The molecule has 1 aliphatic heterocycles. The van der Waals surface area contributed by atoms with E-state index in [1.807, 2.05) is 17.0 Å². The fourth-order valence-electron chi connectivity index (χ4n) is 3.28. The monoisotopic (exact) mass is 379 g/mol. The maximum absolute atomic E-state index is 12.6. The molecule has 3 rings (SSSR count). The van der Waals surface area contributed by atoms with Crippen LogP contribution in [0.25, 0.3) is 11.4 Å². The van der Waals surface area contributed by atoms with Gasteiger partial charge in [-0.3, -0.25) is 4.79 Å². The van der Waals surface area contributed by atoms with Gasteiger partial charge in [0, 0.05) is 22.7 Å². The lowest BCUT2D eigenvalue weighted by Crippen LogP contribution is -2.48. The Labute approximate surface area is 156 Å². The van der Waals surface area contributed by atoms with Crippen molar-refractivity contribution in [2.45, 2.75) is 50.4 Å². The first kappa shape index (κ1) is 18.1. The van der Waals surface area contributed by atoms with E-state index >= 15 is 0 Å². The van der Waals surface area contributed by atoms with Gasteiger partial charge in [-0.2, -0.15) is 0 Å². The van der Waals surface area contributed by atoms with Crippen LogP contribution < -0.4 is 5.84 Å². The number of thioether (sulfide) groups is 1. The first-order valence-electron chi connectivity index (χ1n) is 8.37. The lowest BCUT2D eigenvalue weighted by molar-refractivity contribution is -0.134. The molecular formula is C17H22ClN5OS. The van der Waals surface area contributed by atoms with Crippen LogP contribution in [0.4, 0.5) is 0 Å². The minimum absolute atomic E-state index is 0.126. The molecule has 25 heavy (non-hydrogen) atoms. The predicted octanol–water partition coefficient (Wildman–Crippen LogP) is 3.19. The number of piperidine rings is 1. The van der Waals surface area contributed by atoms with Gasteiger partial charge in [-0.15, -0.1) is 10.2 Å². The summed E-state index contributed by atoms with van der Waals surface area (Å²) in [6.45, 7) is 4.23. The average molecular weight is 380 g/mol. The Morgan fingerprint density at radius 2 is 1.88 bits per heavy atom. The maximum Gasteiger partial charge on any atom is 0.233 e. The molecule has 1 saturated heterocycles. The fraction of sp³-hybridized carbons (Fsp3) is 0.471. The first-order chi connectivity index (χ1) is 12.0. The van der Waals surface area contributed by atoms with E-state index in [1.54, 1.807) is 12.1 Å². The Morgan fingerprint density at radius 3 is 2.52 bits per heavy atom. The summed E-state index contributed by atoms with van der Waals surface area (Å²) >= 11 is 7.22. The lowest BCUT2D eigenvalue weighted by atomic mass is 9.98. The van der Waals surface area contributed by atoms with Gasteiger partial charge in [0.2, 0.25) is 11.1 Å². The molecule has 0 aliphatic carbocycles. The van der Waals surface area contributed by atoms with Gasteiger partial charge in [0.15, 0.2) is 5.82 Å². The number of halogens is 1. The average Bonchev–Trinajstić information content (AvgIpc) is 2.94. The van der Waals surface area contributed by atoms with Crippen molar-refractivity contribution in [2.75, 3.05) is 11.6 Å². The number of carbonyl (C=O) groups excluding carboxylic acids is 1. The van der Waals surface area contributed by atoms with Crippen LogP contribution >= 0.6 is 23.4 Å². The Kier molecular flexibility index (Phi) is 5.54. The van der Waals surface area contributed by atoms with Crippen LogP contribution in [0, 0.1) is 0 Å². The second-order valence-corrected chi connectivity index (χ2v) is 7.78. The first-order valence-corrected chi connectivity index (χ1v) is 9.74. The number of amides is 1. The number of nitrogens with zero attached hydrogens (tertiary/aromatic N) is 4. The molecule has 6 nitrogen and oxygen atoms in total. The van der Waals surface area contributed by atoms with Crippen molar-refractivity contribution in [3.05, 3.63) is 29.3 Å². The molecular weight excluding hydrogens is 358 g/mol. The van der Waals surface area contributed by atoms with E-state index in [4.69, 9.17) is 17.4 Å². The number of hydrogen-bond acceptors (Lipinski definition) is 5. The summed E-state index contributed by atoms with van der Waals surface area (Å²) in [5, 5.41) is 9.43. The van der Waals surface area contributed by atoms with E-state index in [9.17, 15) is 4.79 Å². The molecule has 1 aromatic carbocycles. The van der Waals surface area contributed by atoms with Crippen LogP contribution in [0.3, 0.4) is 0 Å². The third kappa shape index (κ3) is 3.93. The molecule has 2 N–H and O–H groups in total. The topological polar surface area (TPSA) is 77.0 Å². The summed E-state index contributed by atoms with van der Waals surface area (Å²) in [6, 6.07) is 7.82. The predicted molar refractivity (Wildman–Crippen MR) is 101 cm³/mol. The largest absolute Gasteiger partial charge is 0.337 e. The molecule has 1 aliphatic rings. The highest BCUT2D eigenvalue weighted by molar-refractivity contribution is 7.99. The molecule has 2 atom stereocenters. The van der Waals surface area contributed by atoms with Crippen LogP contribution in [-0.2, 0) is 4.79 Å². The van der Waals surface area contributed by atoms with E-state index in [-0.39, 0.29) is 18.0 Å². The summed E-state index contributed by atoms with van der Waals surface area (Å²) in [7, 11) is 0. The van der Waals surface area contributed by atoms with Gasteiger partial charge >= 0.3 is 0 Å². The van der Waals surface area contributed by atoms with Crippen LogP contribution in [0.15, 0.2) is 29.4 Å². The van der Waals surface area contributed by atoms with Crippen molar-refractivity contribution < 1.29 is 4.79 Å². The highest BCUT2D eigenvalue weighted by Gasteiger charge is 2.29. The highest BCUT2D eigenvalue weighted by atomic mass is 35.5. The molecule has 0 spiro atoms. The maximum atomic E-state index is 12.6. The van der Waals surface area contributed by atoms with Crippen molar-refractivity contribution in [2.24, 2.45) is 0 Å². The van der Waals surface area contributed by atoms with Gasteiger partial charge in [0.1, 0.15) is 0 Å². The van der Waals surface area contributed by atoms with Gasteiger partial charge in [-0.1, -0.05) is 23.4 Å². The second-order valence-electron chi connectivity index (χ2n) is 6.40. The number of benzene rings is 1. The van der Waals surface area contributed by atoms with Crippen LogP contribution in [0.2, 0.25) is 5.02 Å². The quantitative estimate of drug-likeness (QED) is 0.652. The zero-order valence-corrected chi connectivity index (χ0v) is 15.9. The number of rotatable bonds is 4. The molecule has 0 saturated carbocycles. The zero-order chi connectivity index (χ0) is 18.0. The van der Waals surface area contributed by atoms with E-state index < -0.39 is 0 Å². The molecule has 8 heteroatoms. The van der Waals surface area contributed by atoms with Crippen molar-refractivity contribution in [3.63, 3.8) is 0 Å². The summed E-state index contributed by atoms with van der Waals surface area (Å²) in [5.41, 5.74) is 0.829. The number of hydrogen-bond donors (Lipinski definition) is 1. The molecule has 134 valence electrons. The second kappa shape index (κ2) is 7.66. The van der Waals surface area contributed by atoms with E-state index in [0.29, 0.717) is 21.8 Å². The molecule has 1 aromatic heterocycles. The number of nitrogens with two attached hydrogens (primary N) is 1. The molecule has 2 heterocycles. The van der Waals surface area contributed by atoms with Crippen molar-refractivity contribution in [1.29, 1.82) is 0 Å². The standard InChI is InChI=1S/C17H22ClN5OS/c1-11-4-3-5-12(2)22(11)15(24)10-25-17-21-20-16(23(17)19)13-6-8-14(18)9-7-13/h6-9,11-12H,3-5,10,19H2,1-2H3/t11-,12-/m1/s1. The molecule has 2 aromatic rings. The Hall–Kier alpha value is -1.73. The van der Waals surface area contributed by atoms with Crippen LogP contribution in [-0.4, -0.2) is 43.5 Å². The number of likely N-dealkylation sites (tertiary alicyclic amines) is 1. The van der Waals surface area contributed by atoms with E-state index in [1.165, 1.54) is 22.9 Å². The molecule has 0 unspecified atom stereocenters. The van der Waals surface area contributed by atoms with E-state index in [2.05, 4.69) is 24.0 Å². The van der Waals surface area contributed by atoms with E-state index in [0.717, 1.165) is 18.4 Å². The lowest BCUT2D eigenvalue weighted by Gasteiger charge is -2.39. The van der Waals surface area contributed by atoms with Crippen LogP contribution in [0.1, 0.15) is 33.1 Å². The minimum Gasteiger partial charge on any atom is -0.337 e. The molecule has 0 bridgehead atoms. The summed E-state index contributed by atoms with van der Waals surface area (Å²) in [4.78, 5) is 14.6. The van der Waals surface area contributed by atoms with Crippen LogP contribution in [0.5, 0.6) is 0 Å². The SMILES string of the molecule is C[C@@H]1CCC[C@@H](C)N1C(=O)CSc1nnc(-c2ccc(Cl)cc2)n1N. The molecule has 1 amide bonds. The zero-order valence-electron chi connectivity index (χ0n) is 14.4. The highest BCUT2D eigenvalue weighted by Crippen LogP contribution is 2.26. The number of carbonyl (C=O) groups is 1. The minimum atomic E-state index is 0.126. The number of aromatic nitrogens is 3. The summed E-state index contributed by atoms with van der Waals surface area (Å²) in [5.74, 6) is 7.09.